The molecule has 2 heteroatoms. The van der Waals surface area contributed by atoms with Gasteiger partial charge in [-0.2, -0.15) is 0 Å². The Morgan fingerprint density at radius 1 is 0.525 bits per heavy atom. The molecule has 0 amide bonds. The molecule has 0 N–H and O–H groups in total. The molecular weight excluding hydrogens is 550 g/mol. The van der Waals surface area contributed by atoms with Crippen LogP contribution in [-0.4, -0.2) is 4.98 Å². The number of halogens is 1. The first kappa shape index (κ1) is 25.5. The van der Waals surface area contributed by atoms with Crippen LogP contribution in [0.5, 0.6) is 0 Å². The summed E-state index contributed by atoms with van der Waals surface area (Å²) in [5, 5.41) is 0. The molecule has 2 aliphatic carbocycles. The van der Waals surface area contributed by atoms with Crippen LogP contribution in [0.3, 0.4) is 0 Å². The number of hydrogen-bond donors (Lipinski definition) is 0. The molecule has 0 fully saturated rings. The van der Waals surface area contributed by atoms with Crippen molar-refractivity contribution in [2.24, 2.45) is 0 Å². The Hall–Kier alpha value is -3.49. The fraction of sp³-hybridized carbons (Fsp3) is 0.237. The molecule has 1 aromatic heterocycles. The number of aromatic nitrogens is 1. The highest BCUT2D eigenvalue weighted by Crippen LogP contribution is 2.63. The van der Waals surface area contributed by atoms with Crippen LogP contribution in [0.4, 0.5) is 0 Å². The van der Waals surface area contributed by atoms with Gasteiger partial charge in [0.15, 0.2) is 0 Å². The van der Waals surface area contributed by atoms with E-state index < -0.39 is 0 Å². The summed E-state index contributed by atoms with van der Waals surface area (Å²) in [4.78, 5) is 4.83. The minimum absolute atomic E-state index is 0.0462. The molecule has 0 unspecified atom stereocenters. The van der Waals surface area contributed by atoms with Crippen molar-refractivity contribution in [2.75, 3.05) is 0 Å². The van der Waals surface area contributed by atoms with Gasteiger partial charge in [-0.15, -0.1) is 0 Å². The molecule has 4 aromatic carbocycles. The van der Waals surface area contributed by atoms with Crippen molar-refractivity contribution in [3.63, 3.8) is 0 Å². The van der Waals surface area contributed by atoms with Crippen LogP contribution < -0.4 is 0 Å². The first-order valence-electron chi connectivity index (χ1n) is 14.2. The van der Waals surface area contributed by atoms with Gasteiger partial charge in [0.05, 0.1) is 11.1 Å². The molecule has 0 aliphatic heterocycles. The lowest BCUT2D eigenvalue weighted by Crippen LogP contribution is -2.27. The number of benzene rings is 4. The van der Waals surface area contributed by atoms with E-state index in [2.05, 4.69) is 148 Å². The number of pyridine rings is 1. The van der Waals surface area contributed by atoms with Crippen LogP contribution in [0.15, 0.2) is 102 Å². The predicted octanol–water partition coefficient (Wildman–Crippen LogP) is 10.4. The average Bonchev–Trinajstić information content (AvgIpc) is 3.38. The Kier molecular flexibility index (Phi) is 5.42. The van der Waals surface area contributed by atoms with Gasteiger partial charge >= 0.3 is 0 Å². The smallest absolute Gasteiger partial charge is 0.106 e. The zero-order chi connectivity index (χ0) is 28.0. The second-order valence-corrected chi connectivity index (χ2v) is 14.2. The van der Waals surface area contributed by atoms with Gasteiger partial charge < -0.3 is 0 Å². The van der Waals surface area contributed by atoms with Crippen molar-refractivity contribution in [2.45, 2.75) is 57.8 Å². The van der Waals surface area contributed by atoms with Gasteiger partial charge in [0, 0.05) is 5.56 Å². The Morgan fingerprint density at radius 3 is 1.62 bits per heavy atom. The predicted molar refractivity (Wildman–Crippen MR) is 171 cm³/mol. The molecule has 1 spiro atoms. The Balaban J connectivity index is 1.63. The molecule has 40 heavy (non-hydrogen) atoms. The number of fused-ring (bicyclic) bond motifs is 10. The fourth-order valence-corrected chi connectivity index (χ4v) is 7.19. The highest BCUT2D eigenvalue weighted by atomic mass is 79.9. The van der Waals surface area contributed by atoms with Gasteiger partial charge in [-0.05, 0) is 101 Å². The topological polar surface area (TPSA) is 12.9 Å². The van der Waals surface area contributed by atoms with E-state index in [4.69, 9.17) is 4.98 Å². The number of hydrogen-bond acceptors (Lipinski definition) is 1. The van der Waals surface area contributed by atoms with Crippen LogP contribution in [0.1, 0.15) is 74.9 Å². The third-order valence-electron chi connectivity index (χ3n) is 8.93. The van der Waals surface area contributed by atoms with E-state index in [1.54, 1.807) is 0 Å². The lowest BCUT2D eigenvalue weighted by atomic mass is 9.68. The van der Waals surface area contributed by atoms with E-state index in [9.17, 15) is 0 Å². The van der Waals surface area contributed by atoms with E-state index in [0.717, 1.165) is 15.9 Å². The number of nitrogens with zero attached hydrogens (tertiary/aromatic N) is 1. The lowest BCUT2D eigenvalue weighted by Gasteiger charge is -2.33. The third-order valence-corrected chi connectivity index (χ3v) is 9.37. The SMILES string of the molecule is CC(C)(C)c1ccc2c(c1)C1(c3ccccc3-c3ccc(-c4cccc(Br)n4)cc31)c1cc(C(C)(C)C)ccc1-2. The molecule has 0 atom stereocenters. The first-order chi connectivity index (χ1) is 19.0. The van der Waals surface area contributed by atoms with E-state index in [0.29, 0.717) is 0 Å². The molecule has 5 aromatic rings. The van der Waals surface area contributed by atoms with Crippen LogP contribution >= 0.6 is 15.9 Å². The highest BCUT2D eigenvalue weighted by Gasteiger charge is 2.52. The van der Waals surface area contributed by atoms with Gasteiger partial charge in [-0.1, -0.05) is 120 Å². The summed E-state index contributed by atoms with van der Waals surface area (Å²) >= 11 is 3.59. The summed E-state index contributed by atoms with van der Waals surface area (Å²) in [6.45, 7) is 13.9. The monoisotopic (exact) mass is 583 g/mol. The summed E-state index contributed by atoms with van der Waals surface area (Å²) in [5.74, 6) is 0. The van der Waals surface area contributed by atoms with Crippen LogP contribution in [-0.2, 0) is 16.2 Å². The molecule has 0 bridgehead atoms. The van der Waals surface area contributed by atoms with E-state index in [-0.39, 0.29) is 16.2 Å². The zero-order valence-electron chi connectivity index (χ0n) is 24.1. The average molecular weight is 585 g/mol. The quantitative estimate of drug-likeness (QED) is 0.175. The maximum absolute atomic E-state index is 4.83. The minimum Gasteiger partial charge on any atom is -0.241 e. The lowest BCUT2D eigenvalue weighted by molar-refractivity contribution is 0.586. The second-order valence-electron chi connectivity index (χ2n) is 13.4. The van der Waals surface area contributed by atoms with Crippen LogP contribution in [0.2, 0.25) is 0 Å². The van der Waals surface area contributed by atoms with Gasteiger partial charge in [-0.3, -0.25) is 0 Å². The van der Waals surface area contributed by atoms with E-state index >= 15 is 0 Å². The molecule has 1 nitrogen and oxygen atoms in total. The second kappa shape index (κ2) is 8.51. The van der Waals surface area contributed by atoms with Crippen molar-refractivity contribution in [1.29, 1.82) is 0 Å². The molecule has 0 saturated heterocycles. The minimum atomic E-state index is -0.388. The normalized spacial score (nSPS) is 14.6. The van der Waals surface area contributed by atoms with Crippen LogP contribution in [0.25, 0.3) is 33.5 Å². The fourth-order valence-electron chi connectivity index (χ4n) is 6.85. The molecule has 0 saturated carbocycles. The Labute approximate surface area is 246 Å². The van der Waals surface area contributed by atoms with Gasteiger partial charge in [-0.25, -0.2) is 4.98 Å². The first-order valence-corrected chi connectivity index (χ1v) is 15.0. The third kappa shape index (κ3) is 3.55. The molecule has 1 heterocycles. The highest BCUT2D eigenvalue weighted by molar-refractivity contribution is 9.10. The van der Waals surface area contributed by atoms with E-state index in [1.165, 1.54) is 55.6 Å². The summed E-state index contributed by atoms with van der Waals surface area (Å²) < 4.78 is 0.852. The van der Waals surface area contributed by atoms with Crippen molar-refractivity contribution in [1.82, 2.24) is 4.98 Å². The van der Waals surface area contributed by atoms with Crippen molar-refractivity contribution < 1.29 is 0 Å². The van der Waals surface area contributed by atoms with Crippen molar-refractivity contribution >= 4 is 15.9 Å². The largest absolute Gasteiger partial charge is 0.241 e. The van der Waals surface area contributed by atoms with Crippen molar-refractivity contribution in [3.05, 3.63) is 135 Å². The Bertz CT molecular complexity index is 1770. The number of rotatable bonds is 1. The van der Waals surface area contributed by atoms with Gasteiger partial charge in [0.2, 0.25) is 0 Å². The summed E-state index contributed by atoms with van der Waals surface area (Å²) in [6.07, 6.45) is 0. The molecule has 7 rings (SSSR count). The van der Waals surface area contributed by atoms with Crippen LogP contribution in [0, 0.1) is 0 Å². The van der Waals surface area contributed by atoms with Gasteiger partial charge in [0.1, 0.15) is 4.60 Å². The molecule has 198 valence electrons. The summed E-state index contributed by atoms with van der Waals surface area (Å²) in [6, 6.07) is 36.6. The van der Waals surface area contributed by atoms with Gasteiger partial charge in [0.25, 0.3) is 0 Å². The van der Waals surface area contributed by atoms with E-state index in [1.807, 2.05) is 6.07 Å². The summed E-state index contributed by atoms with van der Waals surface area (Å²) in [7, 11) is 0. The Morgan fingerprint density at radius 2 is 1.05 bits per heavy atom. The molecule has 2 aliphatic rings. The maximum Gasteiger partial charge on any atom is 0.106 e. The molecular formula is C38H34BrN. The van der Waals surface area contributed by atoms with Crippen molar-refractivity contribution in [3.8, 4) is 33.5 Å². The zero-order valence-corrected chi connectivity index (χ0v) is 25.6. The summed E-state index contributed by atoms with van der Waals surface area (Å²) in [5.41, 5.74) is 15.4. The maximum atomic E-state index is 4.83. The molecule has 0 radical (unpaired) electrons. The standard InChI is InChI=1S/C38H34BrN/c1-36(2,3)24-15-18-28-29-19-16-25(37(4,5)6)22-33(29)38(32(28)21-24)30-11-8-7-10-26(30)27-17-14-23(20-31(27)38)34-12-9-13-35(39)40-34/h7-22H,1-6H3.